The monoisotopic (exact) mass is 301 g/mol. The maximum Gasteiger partial charge on any atom is 0.234 e. The van der Waals surface area contributed by atoms with Crippen LogP contribution in [0.15, 0.2) is 47.6 Å². The first-order valence-corrected chi connectivity index (χ1v) is 7.28. The molecule has 2 rings (SSSR count). The number of thioether (sulfide) groups is 1. The first kappa shape index (κ1) is 15.1. The molecule has 1 aromatic carbocycles. The average molecular weight is 301 g/mol. The second kappa shape index (κ2) is 6.90. The Hall–Kier alpha value is -2.34. The van der Waals surface area contributed by atoms with E-state index in [1.54, 1.807) is 42.7 Å². The number of rotatable bonds is 5. The Labute approximate surface area is 127 Å². The number of carbonyl (C=O) groups excluding carboxylic acids is 2. The third-order valence-corrected chi connectivity index (χ3v) is 3.83. The lowest BCUT2D eigenvalue weighted by Gasteiger charge is -2.07. The maximum atomic E-state index is 11.9. The molecule has 0 spiro atoms. The van der Waals surface area contributed by atoms with Gasteiger partial charge >= 0.3 is 0 Å². The molecule has 0 aliphatic heterocycles. The molecule has 108 valence electrons. The molecule has 2 aromatic rings. The van der Waals surface area contributed by atoms with E-state index in [9.17, 15) is 9.59 Å². The van der Waals surface area contributed by atoms with E-state index in [2.05, 4.69) is 10.3 Å². The number of nitrogens with zero attached hydrogens (tertiary/aromatic N) is 1. The van der Waals surface area contributed by atoms with Gasteiger partial charge in [0.25, 0.3) is 0 Å². The van der Waals surface area contributed by atoms with Crippen LogP contribution < -0.4 is 11.1 Å². The van der Waals surface area contributed by atoms with Gasteiger partial charge in [-0.25, -0.2) is 0 Å². The van der Waals surface area contributed by atoms with Crippen LogP contribution in [0.1, 0.15) is 17.3 Å². The molecule has 0 bridgehead atoms. The highest BCUT2D eigenvalue weighted by Gasteiger charge is 2.06. The van der Waals surface area contributed by atoms with Crippen molar-refractivity contribution in [1.29, 1.82) is 0 Å². The number of anilines is 2. The van der Waals surface area contributed by atoms with Gasteiger partial charge < -0.3 is 11.1 Å². The van der Waals surface area contributed by atoms with Crippen molar-refractivity contribution in [2.24, 2.45) is 0 Å². The SMILES string of the molecule is CC(=O)c1ccc(NC(=O)CSc2ccncc2N)cc1. The highest BCUT2D eigenvalue weighted by Crippen LogP contribution is 2.23. The van der Waals surface area contributed by atoms with Crippen LogP contribution in [-0.2, 0) is 4.79 Å². The van der Waals surface area contributed by atoms with Gasteiger partial charge in [-0.3, -0.25) is 14.6 Å². The number of amides is 1. The van der Waals surface area contributed by atoms with Crippen molar-refractivity contribution >= 4 is 34.8 Å². The average Bonchev–Trinajstić information content (AvgIpc) is 2.47. The van der Waals surface area contributed by atoms with E-state index in [-0.39, 0.29) is 17.4 Å². The van der Waals surface area contributed by atoms with Crippen LogP contribution in [0.5, 0.6) is 0 Å². The number of Topliss-reactive ketones (excluding diaryl/α,β-unsaturated/α-hetero) is 1. The molecular formula is C15H15N3O2S. The Kier molecular flexibility index (Phi) is 4.94. The normalized spacial score (nSPS) is 10.1. The zero-order chi connectivity index (χ0) is 15.2. The van der Waals surface area contributed by atoms with E-state index in [1.165, 1.54) is 18.7 Å². The smallest absolute Gasteiger partial charge is 0.234 e. The molecule has 1 heterocycles. The third-order valence-electron chi connectivity index (χ3n) is 2.74. The summed E-state index contributed by atoms with van der Waals surface area (Å²) in [5, 5.41) is 2.77. The standard InChI is InChI=1S/C15H15N3O2S/c1-10(19)11-2-4-12(5-3-11)18-15(20)9-21-14-6-7-17-8-13(14)16/h2-8H,9,16H2,1H3,(H,18,20). The summed E-state index contributed by atoms with van der Waals surface area (Å²) in [5.74, 6) is 0.117. The van der Waals surface area contributed by atoms with Crippen molar-refractivity contribution in [1.82, 2.24) is 4.98 Å². The summed E-state index contributed by atoms with van der Waals surface area (Å²) < 4.78 is 0. The van der Waals surface area contributed by atoms with Crippen LogP contribution in [0.2, 0.25) is 0 Å². The van der Waals surface area contributed by atoms with Crippen LogP contribution in [0.3, 0.4) is 0 Å². The fourth-order valence-corrected chi connectivity index (χ4v) is 2.39. The van der Waals surface area contributed by atoms with Gasteiger partial charge in [0.05, 0.1) is 17.6 Å². The summed E-state index contributed by atoms with van der Waals surface area (Å²) in [4.78, 5) is 27.7. The predicted molar refractivity (Wildman–Crippen MR) is 84.4 cm³/mol. The number of benzene rings is 1. The van der Waals surface area contributed by atoms with E-state index in [0.717, 1.165) is 4.90 Å². The summed E-state index contributed by atoms with van der Waals surface area (Å²) >= 11 is 1.35. The molecule has 3 N–H and O–H groups in total. The van der Waals surface area contributed by atoms with Gasteiger partial charge in [-0.2, -0.15) is 0 Å². The number of aromatic nitrogens is 1. The van der Waals surface area contributed by atoms with E-state index in [0.29, 0.717) is 16.9 Å². The first-order valence-electron chi connectivity index (χ1n) is 6.29. The number of hydrogen-bond donors (Lipinski definition) is 2. The lowest BCUT2D eigenvalue weighted by Crippen LogP contribution is -2.14. The van der Waals surface area contributed by atoms with E-state index >= 15 is 0 Å². The molecule has 0 unspecified atom stereocenters. The molecule has 5 nitrogen and oxygen atoms in total. The number of hydrogen-bond acceptors (Lipinski definition) is 5. The summed E-state index contributed by atoms with van der Waals surface area (Å²) in [7, 11) is 0. The number of ketones is 1. The van der Waals surface area contributed by atoms with Gasteiger partial charge in [0.2, 0.25) is 5.91 Å². The van der Waals surface area contributed by atoms with Crippen LogP contribution >= 0.6 is 11.8 Å². The Bertz CT molecular complexity index is 656. The number of nitrogen functional groups attached to an aromatic ring is 1. The second-order valence-electron chi connectivity index (χ2n) is 4.38. The fourth-order valence-electron chi connectivity index (χ4n) is 1.65. The minimum atomic E-state index is -0.133. The Morgan fingerprint density at radius 3 is 2.57 bits per heavy atom. The van der Waals surface area contributed by atoms with Crippen LogP contribution in [-0.4, -0.2) is 22.4 Å². The number of pyridine rings is 1. The van der Waals surface area contributed by atoms with Gasteiger partial charge in [0.15, 0.2) is 5.78 Å². The van der Waals surface area contributed by atoms with E-state index < -0.39 is 0 Å². The van der Waals surface area contributed by atoms with Gasteiger partial charge in [-0.05, 0) is 37.3 Å². The summed E-state index contributed by atoms with van der Waals surface area (Å²) in [6.07, 6.45) is 3.19. The molecule has 0 aliphatic carbocycles. The van der Waals surface area contributed by atoms with Crippen molar-refractivity contribution in [3.63, 3.8) is 0 Å². The van der Waals surface area contributed by atoms with Gasteiger partial charge in [-0.15, -0.1) is 11.8 Å². The Morgan fingerprint density at radius 1 is 1.24 bits per heavy atom. The molecule has 0 saturated heterocycles. The molecule has 0 fully saturated rings. The van der Waals surface area contributed by atoms with Crippen molar-refractivity contribution in [3.05, 3.63) is 48.3 Å². The number of carbonyl (C=O) groups is 2. The summed E-state index contributed by atoms with van der Waals surface area (Å²) in [6.45, 7) is 1.50. The van der Waals surface area contributed by atoms with Crippen molar-refractivity contribution in [2.45, 2.75) is 11.8 Å². The van der Waals surface area contributed by atoms with Gasteiger partial charge in [0, 0.05) is 22.3 Å². The number of nitrogens with two attached hydrogens (primary N) is 1. The van der Waals surface area contributed by atoms with Gasteiger partial charge in [0.1, 0.15) is 0 Å². The van der Waals surface area contributed by atoms with E-state index in [1.807, 2.05) is 0 Å². The molecule has 0 atom stereocenters. The third kappa shape index (κ3) is 4.32. The molecule has 6 heteroatoms. The summed E-state index contributed by atoms with van der Waals surface area (Å²) in [6, 6.07) is 8.56. The van der Waals surface area contributed by atoms with Crippen molar-refractivity contribution < 1.29 is 9.59 Å². The zero-order valence-corrected chi connectivity index (χ0v) is 12.3. The van der Waals surface area contributed by atoms with Crippen LogP contribution in [0, 0.1) is 0 Å². The molecule has 0 radical (unpaired) electrons. The van der Waals surface area contributed by atoms with Crippen molar-refractivity contribution in [2.75, 3.05) is 16.8 Å². The highest BCUT2D eigenvalue weighted by molar-refractivity contribution is 8.00. The lowest BCUT2D eigenvalue weighted by atomic mass is 10.1. The van der Waals surface area contributed by atoms with Gasteiger partial charge in [-0.1, -0.05) is 0 Å². The minimum absolute atomic E-state index is 0.00315. The zero-order valence-electron chi connectivity index (χ0n) is 11.5. The molecule has 1 amide bonds. The second-order valence-corrected chi connectivity index (χ2v) is 5.40. The van der Waals surface area contributed by atoms with Crippen LogP contribution in [0.4, 0.5) is 11.4 Å². The first-order chi connectivity index (χ1) is 10.1. The number of nitrogens with one attached hydrogen (secondary N) is 1. The maximum absolute atomic E-state index is 11.9. The molecular weight excluding hydrogens is 286 g/mol. The topological polar surface area (TPSA) is 85.1 Å². The summed E-state index contributed by atoms with van der Waals surface area (Å²) in [5.41, 5.74) is 7.59. The lowest BCUT2D eigenvalue weighted by molar-refractivity contribution is -0.113. The molecule has 0 aliphatic rings. The Morgan fingerprint density at radius 2 is 1.95 bits per heavy atom. The fraction of sp³-hybridized carbons (Fsp3) is 0.133. The minimum Gasteiger partial charge on any atom is -0.397 e. The quantitative estimate of drug-likeness (QED) is 0.655. The molecule has 0 saturated carbocycles. The molecule has 21 heavy (non-hydrogen) atoms. The predicted octanol–water partition coefficient (Wildman–Crippen LogP) is 2.60. The molecule has 1 aromatic heterocycles. The highest BCUT2D eigenvalue weighted by atomic mass is 32.2. The van der Waals surface area contributed by atoms with E-state index in [4.69, 9.17) is 5.73 Å². The van der Waals surface area contributed by atoms with Crippen LogP contribution in [0.25, 0.3) is 0 Å². The largest absolute Gasteiger partial charge is 0.397 e. The van der Waals surface area contributed by atoms with Crippen molar-refractivity contribution in [3.8, 4) is 0 Å². The Balaban J connectivity index is 1.90.